The molecule has 2 bridgehead atoms. The highest BCUT2D eigenvalue weighted by Crippen LogP contribution is 2.37. The Hall–Kier alpha value is -1.56. The molecule has 0 saturated carbocycles. The maximum absolute atomic E-state index is 11.6. The van der Waals surface area contributed by atoms with Crippen LogP contribution in [0.4, 0.5) is 5.82 Å². The lowest BCUT2D eigenvalue weighted by Gasteiger charge is -2.36. The van der Waals surface area contributed by atoms with Gasteiger partial charge in [-0.15, -0.1) is 0 Å². The van der Waals surface area contributed by atoms with Gasteiger partial charge in [0.2, 0.25) is 5.75 Å². The summed E-state index contributed by atoms with van der Waals surface area (Å²) >= 11 is 0. The number of hydrogen-bond acceptors (Lipinski definition) is 5. The molecule has 0 aliphatic carbocycles. The van der Waals surface area contributed by atoms with Gasteiger partial charge < -0.3 is 19.9 Å². The second-order valence-corrected chi connectivity index (χ2v) is 5.88. The highest BCUT2D eigenvalue weighted by Gasteiger charge is 2.38. The van der Waals surface area contributed by atoms with Crippen molar-refractivity contribution in [2.45, 2.75) is 37.8 Å². The van der Waals surface area contributed by atoms with E-state index in [1.807, 2.05) is 0 Å². The number of piperidine rings is 1. The number of fused-ring (bicyclic) bond motifs is 2. The highest BCUT2D eigenvalue weighted by molar-refractivity contribution is 5.47. The number of aromatic amines is 1. The van der Waals surface area contributed by atoms with Crippen molar-refractivity contribution in [1.82, 2.24) is 14.9 Å². The number of ether oxygens (including phenoxy) is 1. The Labute approximate surface area is 118 Å². The van der Waals surface area contributed by atoms with E-state index in [1.54, 1.807) is 0 Å². The van der Waals surface area contributed by atoms with E-state index in [1.165, 1.54) is 39.1 Å². The maximum Gasteiger partial charge on any atom is 0.295 e. The van der Waals surface area contributed by atoms with Gasteiger partial charge in [-0.25, -0.2) is 4.98 Å². The third kappa shape index (κ3) is 2.40. The molecule has 0 aromatic carbocycles. The largest absolute Gasteiger partial charge is 0.489 e. The number of aromatic nitrogens is 2. The Morgan fingerprint density at radius 1 is 1.45 bits per heavy atom. The molecule has 2 saturated heterocycles. The standard InChI is InChI=1S/C14H22N4O2/c1-18-10-3-4-11(18)6-9(5-10)7-15-13-12(20-2)14(19)17-8-16-13/h8-11H,3-7H2,1-2H3,(H2,15,16,17,19). The lowest BCUT2D eigenvalue weighted by atomic mass is 9.91. The van der Waals surface area contributed by atoms with Crippen molar-refractivity contribution in [3.05, 3.63) is 16.7 Å². The van der Waals surface area contributed by atoms with Crippen LogP contribution in [0.2, 0.25) is 0 Å². The predicted molar refractivity (Wildman–Crippen MR) is 77.2 cm³/mol. The van der Waals surface area contributed by atoms with Gasteiger partial charge in [-0.1, -0.05) is 0 Å². The van der Waals surface area contributed by atoms with Crippen LogP contribution >= 0.6 is 0 Å². The quantitative estimate of drug-likeness (QED) is 0.862. The molecule has 2 fully saturated rings. The summed E-state index contributed by atoms with van der Waals surface area (Å²) in [5, 5.41) is 3.28. The fraction of sp³-hybridized carbons (Fsp3) is 0.714. The first-order valence-corrected chi connectivity index (χ1v) is 7.26. The Kier molecular flexibility index (Phi) is 3.65. The summed E-state index contributed by atoms with van der Waals surface area (Å²) in [6, 6.07) is 1.46. The summed E-state index contributed by atoms with van der Waals surface area (Å²) in [7, 11) is 3.74. The highest BCUT2D eigenvalue weighted by atomic mass is 16.5. The molecule has 0 spiro atoms. The van der Waals surface area contributed by atoms with E-state index in [-0.39, 0.29) is 11.3 Å². The summed E-state index contributed by atoms with van der Waals surface area (Å²) in [6.07, 6.45) is 6.51. The van der Waals surface area contributed by atoms with Crippen LogP contribution in [-0.4, -0.2) is 47.7 Å². The van der Waals surface area contributed by atoms with Gasteiger partial charge in [-0.3, -0.25) is 4.79 Å². The maximum atomic E-state index is 11.6. The minimum Gasteiger partial charge on any atom is -0.489 e. The van der Waals surface area contributed by atoms with E-state index >= 15 is 0 Å². The first-order chi connectivity index (χ1) is 9.69. The van der Waals surface area contributed by atoms with Crippen molar-refractivity contribution in [3.63, 3.8) is 0 Å². The van der Waals surface area contributed by atoms with E-state index < -0.39 is 0 Å². The predicted octanol–water partition coefficient (Wildman–Crippen LogP) is 1.06. The molecule has 0 radical (unpaired) electrons. The van der Waals surface area contributed by atoms with Crippen LogP contribution < -0.4 is 15.6 Å². The molecule has 2 aliphatic heterocycles. The van der Waals surface area contributed by atoms with Crippen LogP contribution in [0, 0.1) is 5.92 Å². The van der Waals surface area contributed by atoms with E-state index in [0.29, 0.717) is 11.7 Å². The first-order valence-electron chi connectivity index (χ1n) is 7.26. The molecule has 3 rings (SSSR count). The number of nitrogens with zero attached hydrogens (tertiary/aromatic N) is 2. The van der Waals surface area contributed by atoms with Gasteiger partial charge in [0.05, 0.1) is 13.4 Å². The molecule has 6 heteroatoms. The topological polar surface area (TPSA) is 70.2 Å². The summed E-state index contributed by atoms with van der Waals surface area (Å²) in [6.45, 7) is 0.855. The molecule has 2 atom stereocenters. The van der Waals surface area contributed by atoms with Crippen molar-refractivity contribution < 1.29 is 4.74 Å². The van der Waals surface area contributed by atoms with E-state index in [4.69, 9.17) is 4.74 Å². The molecule has 1 aromatic rings. The third-order valence-electron chi connectivity index (χ3n) is 4.77. The average molecular weight is 278 g/mol. The molecule has 2 aliphatic rings. The van der Waals surface area contributed by atoms with Crippen molar-refractivity contribution >= 4 is 5.82 Å². The monoisotopic (exact) mass is 278 g/mol. The number of rotatable bonds is 4. The van der Waals surface area contributed by atoms with Gasteiger partial charge in [-0.05, 0) is 38.6 Å². The van der Waals surface area contributed by atoms with Crippen LogP contribution in [0.3, 0.4) is 0 Å². The fourth-order valence-corrected chi connectivity index (χ4v) is 3.63. The van der Waals surface area contributed by atoms with Gasteiger partial charge in [0.25, 0.3) is 5.56 Å². The Morgan fingerprint density at radius 3 is 2.80 bits per heavy atom. The zero-order valence-electron chi connectivity index (χ0n) is 12.1. The molecule has 1 aromatic heterocycles. The number of anilines is 1. The molecule has 20 heavy (non-hydrogen) atoms. The Balaban J connectivity index is 1.63. The zero-order chi connectivity index (χ0) is 14.1. The molecule has 6 nitrogen and oxygen atoms in total. The smallest absolute Gasteiger partial charge is 0.295 e. The summed E-state index contributed by atoms with van der Waals surface area (Å²) in [4.78, 5) is 20.8. The molecule has 2 unspecified atom stereocenters. The van der Waals surface area contributed by atoms with Crippen molar-refractivity contribution in [3.8, 4) is 5.75 Å². The van der Waals surface area contributed by atoms with E-state index in [2.05, 4.69) is 27.2 Å². The van der Waals surface area contributed by atoms with Crippen molar-refractivity contribution in [2.75, 3.05) is 26.0 Å². The zero-order valence-corrected chi connectivity index (χ0v) is 12.1. The van der Waals surface area contributed by atoms with Gasteiger partial charge in [0.1, 0.15) is 0 Å². The van der Waals surface area contributed by atoms with Gasteiger partial charge in [0, 0.05) is 18.6 Å². The van der Waals surface area contributed by atoms with Crippen LogP contribution in [0.1, 0.15) is 25.7 Å². The third-order valence-corrected chi connectivity index (χ3v) is 4.77. The Morgan fingerprint density at radius 2 is 2.15 bits per heavy atom. The number of methoxy groups -OCH3 is 1. The lowest BCUT2D eigenvalue weighted by molar-refractivity contribution is 0.139. The molecule has 2 N–H and O–H groups in total. The number of nitrogens with one attached hydrogen (secondary N) is 2. The lowest BCUT2D eigenvalue weighted by Crippen LogP contribution is -2.41. The van der Waals surface area contributed by atoms with E-state index in [0.717, 1.165) is 18.6 Å². The Bertz CT molecular complexity index is 516. The average Bonchev–Trinajstić information content (AvgIpc) is 2.66. The molecular weight excluding hydrogens is 256 g/mol. The minimum atomic E-state index is -0.242. The number of H-pyrrole nitrogens is 1. The van der Waals surface area contributed by atoms with Crippen LogP contribution in [0.5, 0.6) is 5.75 Å². The van der Waals surface area contributed by atoms with Gasteiger partial charge in [0.15, 0.2) is 5.82 Å². The minimum absolute atomic E-state index is 0.242. The van der Waals surface area contributed by atoms with Gasteiger partial charge >= 0.3 is 0 Å². The molecular formula is C14H22N4O2. The SMILES string of the molecule is COc1c(NCC2CC3CCC(C2)N3C)nc[nH]c1=O. The van der Waals surface area contributed by atoms with Crippen LogP contribution in [-0.2, 0) is 0 Å². The van der Waals surface area contributed by atoms with Crippen molar-refractivity contribution in [2.24, 2.45) is 5.92 Å². The second-order valence-electron chi connectivity index (χ2n) is 5.88. The molecule has 0 amide bonds. The molecule has 110 valence electrons. The molecule has 3 heterocycles. The van der Waals surface area contributed by atoms with Crippen LogP contribution in [0.25, 0.3) is 0 Å². The summed E-state index contributed by atoms with van der Waals surface area (Å²) in [5.74, 6) is 1.46. The summed E-state index contributed by atoms with van der Waals surface area (Å²) in [5.41, 5.74) is -0.242. The second kappa shape index (κ2) is 5.44. The first kappa shape index (κ1) is 13.4. The van der Waals surface area contributed by atoms with E-state index in [9.17, 15) is 4.79 Å². The fourth-order valence-electron chi connectivity index (χ4n) is 3.63. The van der Waals surface area contributed by atoms with Crippen LogP contribution in [0.15, 0.2) is 11.1 Å². The number of hydrogen-bond donors (Lipinski definition) is 2. The van der Waals surface area contributed by atoms with Gasteiger partial charge in [-0.2, -0.15) is 0 Å². The normalized spacial score (nSPS) is 29.4. The summed E-state index contributed by atoms with van der Waals surface area (Å²) < 4.78 is 5.11. The van der Waals surface area contributed by atoms with Crippen molar-refractivity contribution in [1.29, 1.82) is 0 Å².